The zero-order valence-electron chi connectivity index (χ0n) is 27.6. The van der Waals surface area contributed by atoms with Crippen LogP contribution in [-0.2, 0) is 37.3 Å². The average Bonchev–Trinajstić information content (AvgIpc) is 3.14. The number of nitrogens with one attached hydrogen (secondary N) is 2. The molecular weight excluding hydrogens is 669 g/mol. The van der Waals surface area contributed by atoms with Crippen molar-refractivity contribution < 1.29 is 27.8 Å². The molecule has 3 N–H and O–H groups in total. The van der Waals surface area contributed by atoms with Crippen molar-refractivity contribution in [1.29, 1.82) is 0 Å². The molecule has 5 aromatic rings. The fourth-order valence-electron chi connectivity index (χ4n) is 5.73. The van der Waals surface area contributed by atoms with Crippen LogP contribution in [0.2, 0.25) is 0 Å². The first-order valence-corrected chi connectivity index (χ1v) is 18.9. The van der Waals surface area contributed by atoms with E-state index < -0.39 is 28.3 Å². The number of aliphatic hydroxyl groups excluding tert-OH is 1. The molecule has 8 nitrogen and oxygen atoms in total. The Bertz CT molecular complexity index is 1960. The van der Waals surface area contributed by atoms with Gasteiger partial charge in [0.05, 0.1) is 23.7 Å². The SMILES string of the molecule is Cc1ccc(S(=O)(=O)N[C@H](Cc2ccccc2)C(=O)Nc2cccc([C@@H]3O[C@H](CSc4ccccc4)C[C@H](c4ccc(CO)cc4)O3)c2)cc1. The van der Waals surface area contributed by atoms with Crippen LogP contribution in [0.5, 0.6) is 0 Å². The number of aryl methyl sites for hydroxylation is 1. The van der Waals surface area contributed by atoms with Crippen molar-refractivity contribution in [2.24, 2.45) is 0 Å². The lowest BCUT2D eigenvalue weighted by atomic mass is 10.0. The summed E-state index contributed by atoms with van der Waals surface area (Å²) in [7, 11) is -3.99. The third-order valence-corrected chi connectivity index (χ3v) is 11.1. The maximum atomic E-state index is 13.8. The van der Waals surface area contributed by atoms with Crippen LogP contribution in [0.4, 0.5) is 5.69 Å². The summed E-state index contributed by atoms with van der Waals surface area (Å²) in [5, 5.41) is 12.5. The maximum Gasteiger partial charge on any atom is 0.242 e. The first-order chi connectivity index (χ1) is 24.3. The smallest absolute Gasteiger partial charge is 0.242 e. The lowest BCUT2D eigenvalue weighted by Gasteiger charge is -2.36. The molecule has 0 bridgehead atoms. The van der Waals surface area contributed by atoms with Crippen LogP contribution in [-0.4, -0.2) is 37.3 Å². The van der Waals surface area contributed by atoms with Gasteiger partial charge in [-0.05, 0) is 66.4 Å². The number of carbonyl (C=O) groups excluding carboxylic acids is 1. The Morgan fingerprint density at radius 1 is 0.820 bits per heavy atom. The monoisotopic (exact) mass is 708 g/mol. The van der Waals surface area contributed by atoms with Crippen LogP contribution >= 0.6 is 11.8 Å². The average molecular weight is 709 g/mol. The van der Waals surface area contributed by atoms with E-state index in [2.05, 4.69) is 22.2 Å². The molecule has 1 saturated heterocycles. The summed E-state index contributed by atoms with van der Waals surface area (Å²) in [5.74, 6) is 0.222. The Morgan fingerprint density at radius 3 is 2.22 bits per heavy atom. The second kappa shape index (κ2) is 16.6. The van der Waals surface area contributed by atoms with Crippen molar-refractivity contribution >= 4 is 33.4 Å². The molecule has 6 rings (SSSR count). The minimum atomic E-state index is -3.99. The minimum absolute atomic E-state index is 0.0357. The zero-order valence-corrected chi connectivity index (χ0v) is 29.3. The van der Waals surface area contributed by atoms with Gasteiger partial charge in [0.25, 0.3) is 0 Å². The minimum Gasteiger partial charge on any atom is -0.392 e. The second-order valence-electron chi connectivity index (χ2n) is 12.3. The molecule has 0 unspecified atom stereocenters. The molecule has 10 heteroatoms. The van der Waals surface area contributed by atoms with Crippen molar-refractivity contribution in [1.82, 2.24) is 4.72 Å². The van der Waals surface area contributed by atoms with Gasteiger partial charge in [0.2, 0.25) is 15.9 Å². The van der Waals surface area contributed by atoms with Gasteiger partial charge >= 0.3 is 0 Å². The first-order valence-electron chi connectivity index (χ1n) is 16.5. The number of amides is 1. The van der Waals surface area contributed by atoms with E-state index in [1.165, 1.54) is 12.1 Å². The van der Waals surface area contributed by atoms with Crippen LogP contribution in [0, 0.1) is 6.92 Å². The molecule has 4 atom stereocenters. The van der Waals surface area contributed by atoms with Gasteiger partial charge in [-0.25, -0.2) is 8.42 Å². The molecule has 5 aromatic carbocycles. The van der Waals surface area contributed by atoms with E-state index in [4.69, 9.17) is 9.47 Å². The highest BCUT2D eigenvalue weighted by atomic mass is 32.2. The van der Waals surface area contributed by atoms with Crippen LogP contribution in [0.25, 0.3) is 0 Å². The Balaban J connectivity index is 1.22. The van der Waals surface area contributed by atoms with E-state index in [0.29, 0.717) is 23.4 Å². The van der Waals surface area contributed by atoms with Crippen molar-refractivity contribution in [3.8, 4) is 0 Å². The normalized spacial score (nSPS) is 18.3. The molecule has 258 valence electrons. The van der Waals surface area contributed by atoms with Crippen LogP contribution in [0.1, 0.15) is 46.6 Å². The molecule has 1 fully saturated rings. The van der Waals surface area contributed by atoms with Gasteiger partial charge in [-0.1, -0.05) is 103 Å². The molecular formula is C40H40N2O6S2. The standard InChI is InChI=1S/C40H40N2O6S2/c1-28-15-21-36(22-16-28)50(45,46)42-37(23-29-9-4-2-5-10-29)39(44)41-33-12-8-11-32(24-33)40-47-34(27-49-35-13-6-3-7-14-35)25-38(48-40)31-19-17-30(26-43)18-20-31/h2-22,24,34,37-38,40,42-43H,23,25-27H2,1H3,(H,41,44)/t34-,37+,38+,40+/m0/s1. The molecule has 50 heavy (non-hydrogen) atoms. The van der Waals surface area contributed by atoms with Gasteiger partial charge < -0.3 is 19.9 Å². The summed E-state index contributed by atoms with van der Waals surface area (Å²) in [6.07, 6.45) is -0.305. The molecule has 1 heterocycles. The maximum absolute atomic E-state index is 13.8. The summed E-state index contributed by atoms with van der Waals surface area (Å²) >= 11 is 1.72. The van der Waals surface area contributed by atoms with E-state index in [1.807, 2.05) is 91.9 Å². The van der Waals surface area contributed by atoms with Gasteiger partial charge in [-0.2, -0.15) is 4.72 Å². The Kier molecular flexibility index (Phi) is 11.8. The van der Waals surface area contributed by atoms with E-state index in [9.17, 15) is 18.3 Å². The molecule has 0 spiro atoms. The van der Waals surface area contributed by atoms with Crippen molar-refractivity contribution in [3.63, 3.8) is 0 Å². The molecule has 1 aliphatic rings. The van der Waals surface area contributed by atoms with Crippen LogP contribution in [0.15, 0.2) is 143 Å². The molecule has 0 aromatic heterocycles. The van der Waals surface area contributed by atoms with Crippen molar-refractivity contribution in [2.75, 3.05) is 11.1 Å². The first kappa shape index (κ1) is 35.5. The third kappa shape index (κ3) is 9.48. The van der Waals surface area contributed by atoms with Gasteiger partial charge in [-0.3, -0.25) is 4.79 Å². The molecule has 1 aliphatic heterocycles. The summed E-state index contributed by atoms with van der Waals surface area (Å²) in [6, 6.07) is 39.9. The number of rotatable bonds is 13. The number of carbonyl (C=O) groups is 1. The van der Waals surface area contributed by atoms with Gasteiger partial charge in [-0.15, -0.1) is 11.8 Å². The number of anilines is 1. The van der Waals surface area contributed by atoms with Gasteiger partial charge in [0.1, 0.15) is 6.04 Å². The highest BCUT2D eigenvalue weighted by Crippen LogP contribution is 2.40. The quantitative estimate of drug-likeness (QED) is 0.110. The lowest BCUT2D eigenvalue weighted by Crippen LogP contribution is -2.45. The Labute approximate surface area is 297 Å². The van der Waals surface area contributed by atoms with E-state index in [0.717, 1.165) is 27.1 Å². The predicted molar refractivity (Wildman–Crippen MR) is 196 cm³/mol. The number of sulfonamides is 1. The van der Waals surface area contributed by atoms with Crippen LogP contribution < -0.4 is 10.0 Å². The molecule has 0 saturated carbocycles. The number of hydrogen-bond donors (Lipinski definition) is 3. The van der Waals surface area contributed by atoms with Crippen LogP contribution in [0.3, 0.4) is 0 Å². The number of hydrogen-bond acceptors (Lipinski definition) is 7. The second-order valence-corrected chi connectivity index (χ2v) is 15.1. The lowest BCUT2D eigenvalue weighted by molar-refractivity contribution is -0.245. The topological polar surface area (TPSA) is 114 Å². The van der Waals surface area contributed by atoms with Crippen molar-refractivity contribution in [2.45, 2.75) is 60.7 Å². The van der Waals surface area contributed by atoms with Gasteiger partial charge in [0, 0.05) is 28.3 Å². The van der Waals surface area contributed by atoms with E-state index in [1.54, 1.807) is 36.0 Å². The zero-order chi connectivity index (χ0) is 34.9. The van der Waals surface area contributed by atoms with E-state index >= 15 is 0 Å². The summed E-state index contributed by atoms with van der Waals surface area (Å²) in [6.45, 7) is 1.85. The Morgan fingerprint density at radius 2 is 1.52 bits per heavy atom. The number of thioether (sulfide) groups is 1. The third-order valence-electron chi connectivity index (χ3n) is 8.45. The predicted octanol–water partition coefficient (Wildman–Crippen LogP) is 7.35. The highest BCUT2D eigenvalue weighted by Gasteiger charge is 2.33. The highest BCUT2D eigenvalue weighted by molar-refractivity contribution is 7.99. The largest absolute Gasteiger partial charge is 0.392 e. The molecule has 0 aliphatic carbocycles. The fourth-order valence-corrected chi connectivity index (χ4v) is 7.87. The molecule has 0 radical (unpaired) electrons. The van der Waals surface area contributed by atoms with Gasteiger partial charge in [0.15, 0.2) is 6.29 Å². The Hall–Kier alpha value is -4.29. The number of ether oxygens (including phenoxy) is 2. The van der Waals surface area contributed by atoms with E-state index in [-0.39, 0.29) is 30.1 Å². The fraction of sp³-hybridized carbons (Fsp3) is 0.225. The number of benzene rings is 5. The molecule has 1 amide bonds. The number of aliphatic hydroxyl groups is 1. The summed E-state index contributed by atoms with van der Waals surface area (Å²) < 4.78 is 42.4. The summed E-state index contributed by atoms with van der Waals surface area (Å²) in [5.41, 5.74) is 4.75. The summed E-state index contributed by atoms with van der Waals surface area (Å²) in [4.78, 5) is 15.0. The van der Waals surface area contributed by atoms with Crippen molar-refractivity contribution in [3.05, 3.63) is 161 Å².